The number of hydrogen-bond acceptors (Lipinski definition) is 3. The third-order valence-electron chi connectivity index (χ3n) is 3.59. The van der Waals surface area contributed by atoms with E-state index in [4.69, 9.17) is 9.47 Å². The second-order valence-corrected chi connectivity index (χ2v) is 4.98. The van der Waals surface area contributed by atoms with Crippen molar-refractivity contribution in [2.75, 3.05) is 26.8 Å². The summed E-state index contributed by atoms with van der Waals surface area (Å²) < 4.78 is 11.1. The van der Waals surface area contributed by atoms with Gasteiger partial charge in [-0.1, -0.05) is 6.07 Å². The fourth-order valence-corrected chi connectivity index (χ4v) is 2.46. The number of benzene rings is 1. The van der Waals surface area contributed by atoms with E-state index in [1.165, 1.54) is 16.7 Å². The molecule has 1 N–H and O–H groups in total. The van der Waals surface area contributed by atoms with Crippen LogP contribution in [-0.4, -0.2) is 32.9 Å². The first-order chi connectivity index (χ1) is 8.70. The van der Waals surface area contributed by atoms with Gasteiger partial charge in [0, 0.05) is 13.1 Å². The van der Waals surface area contributed by atoms with Gasteiger partial charge in [-0.25, -0.2) is 0 Å². The van der Waals surface area contributed by atoms with E-state index in [2.05, 4.69) is 31.3 Å². The molecule has 100 valence electrons. The lowest BCUT2D eigenvalue weighted by Gasteiger charge is -2.24. The molecule has 1 saturated heterocycles. The molecule has 18 heavy (non-hydrogen) atoms. The van der Waals surface area contributed by atoms with Crippen LogP contribution in [-0.2, 0) is 11.2 Å². The fourth-order valence-electron chi connectivity index (χ4n) is 2.46. The molecule has 2 rings (SSSR count). The first-order valence-electron chi connectivity index (χ1n) is 6.67. The zero-order valence-corrected chi connectivity index (χ0v) is 11.6. The van der Waals surface area contributed by atoms with Crippen molar-refractivity contribution in [3.05, 3.63) is 28.8 Å². The number of aryl methyl sites for hydroxylation is 3. The molecule has 0 spiro atoms. The Morgan fingerprint density at radius 2 is 2.17 bits per heavy atom. The Morgan fingerprint density at radius 1 is 1.33 bits per heavy atom. The molecule has 1 aromatic rings. The summed E-state index contributed by atoms with van der Waals surface area (Å²) in [7, 11) is 1.73. The van der Waals surface area contributed by atoms with Crippen molar-refractivity contribution in [1.29, 1.82) is 0 Å². The van der Waals surface area contributed by atoms with Gasteiger partial charge in [0.05, 0.1) is 19.8 Å². The van der Waals surface area contributed by atoms with Crippen molar-refractivity contribution < 1.29 is 9.47 Å². The van der Waals surface area contributed by atoms with Gasteiger partial charge in [-0.05, 0) is 49.4 Å². The molecule has 0 aromatic heterocycles. The molecule has 1 aromatic carbocycles. The number of rotatable bonds is 4. The molecule has 0 amide bonds. The molecule has 1 aliphatic heterocycles. The van der Waals surface area contributed by atoms with Crippen LogP contribution in [0.25, 0.3) is 0 Å². The Bertz CT molecular complexity index is 398. The predicted octanol–water partition coefficient (Wildman–Crippen LogP) is 2.23. The Balaban J connectivity index is 1.98. The number of hydrogen-bond donors (Lipinski definition) is 1. The molecule has 0 aliphatic carbocycles. The zero-order valence-electron chi connectivity index (χ0n) is 11.6. The lowest BCUT2D eigenvalue weighted by Crippen LogP contribution is -2.38. The molecule has 1 aliphatic rings. The van der Waals surface area contributed by atoms with E-state index in [0.717, 1.165) is 38.3 Å². The maximum absolute atomic E-state index is 5.73. The van der Waals surface area contributed by atoms with Crippen molar-refractivity contribution in [3.63, 3.8) is 0 Å². The van der Waals surface area contributed by atoms with Crippen molar-refractivity contribution in [3.8, 4) is 5.75 Å². The predicted molar refractivity (Wildman–Crippen MR) is 73.4 cm³/mol. The molecule has 1 heterocycles. The van der Waals surface area contributed by atoms with E-state index in [0.29, 0.717) is 6.10 Å². The third-order valence-corrected chi connectivity index (χ3v) is 3.59. The molecule has 0 bridgehead atoms. The third kappa shape index (κ3) is 3.24. The Kier molecular flexibility index (Phi) is 4.61. The fraction of sp³-hybridized carbons (Fsp3) is 0.600. The minimum Gasteiger partial charge on any atom is -0.496 e. The Hall–Kier alpha value is -1.06. The summed E-state index contributed by atoms with van der Waals surface area (Å²) >= 11 is 0. The summed E-state index contributed by atoms with van der Waals surface area (Å²) in [5, 5.41) is 3.37. The number of nitrogens with one attached hydrogen (secondary N) is 1. The van der Waals surface area contributed by atoms with Gasteiger partial charge in [-0.2, -0.15) is 0 Å². The minimum absolute atomic E-state index is 0.362. The van der Waals surface area contributed by atoms with Gasteiger partial charge in [0.1, 0.15) is 5.75 Å². The standard InChI is InChI=1S/C15H23NO2/c1-11-9-15(17-3)12(2)8-13(11)4-5-14-10-16-6-7-18-14/h8-9,14,16H,4-7,10H2,1-3H3. The van der Waals surface area contributed by atoms with E-state index < -0.39 is 0 Å². The molecule has 3 heteroatoms. The lowest BCUT2D eigenvalue weighted by molar-refractivity contribution is 0.0238. The average molecular weight is 249 g/mol. The monoisotopic (exact) mass is 249 g/mol. The van der Waals surface area contributed by atoms with Crippen molar-refractivity contribution in [1.82, 2.24) is 5.32 Å². The molecule has 3 nitrogen and oxygen atoms in total. The molecular formula is C15H23NO2. The zero-order chi connectivity index (χ0) is 13.0. The van der Waals surface area contributed by atoms with E-state index in [-0.39, 0.29) is 0 Å². The molecular weight excluding hydrogens is 226 g/mol. The molecule has 1 atom stereocenters. The molecule has 1 unspecified atom stereocenters. The van der Waals surface area contributed by atoms with Gasteiger partial charge in [0.2, 0.25) is 0 Å². The number of morpholine rings is 1. The first-order valence-corrected chi connectivity index (χ1v) is 6.67. The van der Waals surface area contributed by atoms with E-state index >= 15 is 0 Å². The second-order valence-electron chi connectivity index (χ2n) is 4.98. The summed E-state index contributed by atoms with van der Waals surface area (Å²) in [6.07, 6.45) is 2.52. The van der Waals surface area contributed by atoms with E-state index in [1.807, 2.05) is 0 Å². The second kappa shape index (κ2) is 6.21. The van der Waals surface area contributed by atoms with Crippen LogP contribution in [0.15, 0.2) is 12.1 Å². The summed E-state index contributed by atoms with van der Waals surface area (Å²) in [5.74, 6) is 0.979. The summed E-state index contributed by atoms with van der Waals surface area (Å²) in [4.78, 5) is 0. The van der Waals surface area contributed by atoms with Gasteiger partial charge in [0.25, 0.3) is 0 Å². The normalized spacial score (nSPS) is 19.8. The van der Waals surface area contributed by atoms with Crippen molar-refractivity contribution in [2.45, 2.75) is 32.8 Å². The SMILES string of the molecule is COc1cc(C)c(CCC2CNCCO2)cc1C. The van der Waals surface area contributed by atoms with Crippen molar-refractivity contribution >= 4 is 0 Å². The van der Waals surface area contributed by atoms with Gasteiger partial charge in [-0.3, -0.25) is 0 Å². The minimum atomic E-state index is 0.362. The van der Waals surface area contributed by atoms with Crippen LogP contribution in [0, 0.1) is 13.8 Å². The number of methoxy groups -OCH3 is 1. The maximum Gasteiger partial charge on any atom is 0.122 e. The van der Waals surface area contributed by atoms with Gasteiger partial charge < -0.3 is 14.8 Å². The Morgan fingerprint density at radius 3 is 2.83 bits per heavy atom. The van der Waals surface area contributed by atoms with Crippen LogP contribution in [0.1, 0.15) is 23.1 Å². The molecule has 0 radical (unpaired) electrons. The van der Waals surface area contributed by atoms with E-state index in [1.54, 1.807) is 7.11 Å². The first kappa shape index (κ1) is 13.4. The van der Waals surface area contributed by atoms with Crippen LogP contribution in [0.4, 0.5) is 0 Å². The maximum atomic E-state index is 5.73. The lowest BCUT2D eigenvalue weighted by atomic mass is 9.99. The Labute approximate surface area is 109 Å². The van der Waals surface area contributed by atoms with Crippen LogP contribution in [0.2, 0.25) is 0 Å². The summed E-state index contributed by atoms with van der Waals surface area (Å²) in [5.41, 5.74) is 3.92. The molecule has 0 saturated carbocycles. The average Bonchev–Trinajstić information content (AvgIpc) is 2.40. The summed E-state index contributed by atoms with van der Waals surface area (Å²) in [6, 6.07) is 4.37. The van der Waals surface area contributed by atoms with Crippen LogP contribution >= 0.6 is 0 Å². The van der Waals surface area contributed by atoms with Crippen LogP contribution in [0.3, 0.4) is 0 Å². The van der Waals surface area contributed by atoms with E-state index in [9.17, 15) is 0 Å². The highest BCUT2D eigenvalue weighted by Crippen LogP contribution is 2.23. The van der Waals surface area contributed by atoms with Gasteiger partial charge in [0.15, 0.2) is 0 Å². The summed E-state index contributed by atoms with van der Waals surface area (Å²) in [6.45, 7) is 7.05. The van der Waals surface area contributed by atoms with Gasteiger partial charge in [-0.15, -0.1) is 0 Å². The van der Waals surface area contributed by atoms with Gasteiger partial charge >= 0.3 is 0 Å². The quantitative estimate of drug-likeness (QED) is 0.887. The highest BCUT2D eigenvalue weighted by Gasteiger charge is 2.14. The smallest absolute Gasteiger partial charge is 0.122 e. The van der Waals surface area contributed by atoms with Crippen molar-refractivity contribution in [2.24, 2.45) is 0 Å². The van der Waals surface area contributed by atoms with Crippen LogP contribution < -0.4 is 10.1 Å². The highest BCUT2D eigenvalue weighted by atomic mass is 16.5. The largest absolute Gasteiger partial charge is 0.496 e. The molecule has 1 fully saturated rings. The number of ether oxygens (including phenoxy) is 2. The topological polar surface area (TPSA) is 30.5 Å². The van der Waals surface area contributed by atoms with Crippen LogP contribution in [0.5, 0.6) is 5.75 Å². The highest BCUT2D eigenvalue weighted by molar-refractivity contribution is 5.41.